The van der Waals surface area contributed by atoms with Gasteiger partial charge in [0.05, 0.1) is 4.47 Å². The minimum absolute atomic E-state index is 0.0545. The van der Waals surface area contributed by atoms with Gasteiger partial charge in [-0.25, -0.2) is 13.2 Å². The molecule has 0 spiro atoms. The molecule has 0 amide bonds. The van der Waals surface area contributed by atoms with Crippen LogP contribution in [-0.4, -0.2) is 6.54 Å². The summed E-state index contributed by atoms with van der Waals surface area (Å²) < 4.78 is 40.7. The second-order valence-corrected chi connectivity index (χ2v) is 5.04. The van der Waals surface area contributed by atoms with Gasteiger partial charge >= 0.3 is 0 Å². The average Bonchev–Trinajstić information content (AvgIpc) is 2.19. The molecule has 0 atom stereocenters. The van der Waals surface area contributed by atoms with Gasteiger partial charge in [0.2, 0.25) is 0 Å². The van der Waals surface area contributed by atoms with E-state index >= 15 is 0 Å². The fourth-order valence-electron chi connectivity index (χ4n) is 2.20. The predicted molar refractivity (Wildman–Crippen MR) is 58.6 cm³/mol. The highest BCUT2D eigenvalue weighted by Gasteiger charge is 2.42. The number of hydrogen-bond donors (Lipinski definition) is 1. The molecule has 0 unspecified atom stereocenters. The first-order valence-corrected chi connectivity index (χ1v) is 5.85. The van der Waals surface area contributed by atoms with Crippen LogP contribution in [0.15, 0.2) is 10.5 Å². The summed E-state index contributed by atoms with van der Waals surface area (Å²) in [4.78, 5) is 0. The third-order valence-electron chi connectivity index (χ3n) is 3.34. The molecule has 2 N–H and O–H groups in total. The third kappa shape index (κ3) is 1.57. The zero-order chi connectivity index (χ0) is 11.9. The van der Waals surface area contributed by atoms with Gasteiger partial charge in [0.15, 0.2) is 11.6 Å². The van der Waals surface area contributed by atoms with E-state index in [4.69, 9.17) is 5.73 Å². The minimum Gasteiger partial charge on any atom is -0.330 e. The lowest BCUT2D eigenvalue weighted by molar-refractivity contribution is 0.232. The van der Waals surface area contributed by atoms with E-state index in [0.717, 1.165) is 12.5 Å². The molecule has 1 aromatic rings. The molecular formula is C11H11BrF3N. The van der Waals surface area contributed by atoms with Crippen LogP contribution in [0, 0.1) is 17.5 Å². The van der Waals surface area contributed by atoms with Crippen molar-refractivity contribution in [2.75, 3.05) is 6.54 Å². The first-order valence-electron chi connectivity index (χ1n) is 5.05. The van der Waals surface area contributed by atoms with E-state index in [-0.39, 0.29) is 16.6 Å². The number of hydrogen-bond acceptors (Lipinski definition) is 1. The van der Waals surface area contributed by atoms with Gasteiger partial charge < -0.3 is 5.73 Å². The van der Waals surface area contributed by atoms with Crippen LogP contribution in [0.1, 0.15) is 24.8 Å². The molecular weight excluding hydrogens is 283 g/mol. The smallest absolute Gasteiger partial charge is 0.165 e. The Hall–Kier alpha value is -0.550. The number of nitrogens with two attached hydrogens (primary N) is 1. The van der Waals surface area contributed by atoms with Crippen molar-refractivity contribution in [1.82, 2.24) is 0 Å². The van der Waals surface area contributed by atoms with E-state index in [1.807, 2.05) is 0 Å². The standard InChI is InChI=1S/C11H11BrF3N/c12-6-4-7(13)10(15)8(9(6)14)11(5-16)2-1-3-11/h4H,1-3,5,16H2. The van der Waals surface area contributed by atoms with E-state index in [9.17, 15) is 13.2 Å². The fraction of sp³-hybridized carbons (Fsp3) is 0.455. The van der Waals surface area contributed by atoms with Crippen LogP contribution in [0.5, 0.6) is 0 Å². The molecule has 5 heteroatoms. The molecule has 0 bridgehead atoms. The van der Waals surface area contributed by atoms with Gasteiger partial charge in [0.1, 0.15) is 5.82 Å². The lowest BCUT2D eigenvalue weighted by Gasteiger charge is -2.41. The molecule has 1 nitrogen and oxygen atoms in total. The van der Waals surface area contributed by atoms with E-state index in [2.05, 4.69) is 15.9 Å². The normalized spacial score (nSPS) is 18.3. The van der Waals surface area contributed by atoms with Gasteiger partial charge in [-0.1, -0.05) is 6.42 Å². The Kier molecular flexibility index (Phi) is 3.01. The molecule has 0 saturated heterocycles. The van der Waals surface area contributed by atoms with Crippen molar-refractivity contribution in [1.29, 1.82) is 0 Å². The van der Waals surface area contributed by atoms with Crippen molar-refractivity contribution in [3.05, 3.63) is 33.6 Å². The molecule has 0 heterocycles. The summed E-state index contributed by atoms with van der Waals surface area (Å²) in [7, 11) is 0. The maximum absolute atomic E-state index is 13.8. The summed E-state index contributed by atoms with van der Waals surface area (Å²) in [6.07, 6.45) is 2.07. The summed E-state index contributed by atoms with van der Waals surface area (Å²) in [5, 5.41) is 0. The van der Waals surface area contributed by atoms with Crippen molar-refractivity contribution in [2.45, 2.75) is 24.7 Å². The molecule has 1 saturated carbocycles. The summed E-state index contributed by atoms with van der Waals surface area (Å²) >= 11 is 2.88. The van der Waals surface area contributed by atoms with Crippen LogP contribution >= 0.6 is 15.9 Å². The summed E-state index contributed by atoms with van der Waals surface area (Å²) in [5.74, 6) is -2.88. The van der Waals surface area contributed by atoms with Gasteiger partial charge in [-0.05, 0) is 34.8 Å². The number of halogens is 4. The molecule has 1 fully saturated rings. The van der Waals surface area contributed by atoms with Crippen LogP contribution < -0.4 is 5.73 Å². The maximum Gasteiger partial charge on any atom is 0.165 e. The van der Waals surface area contributed by atoms with Crippen LogP contribution in [-0.2, 0) is 5.41 Å². The Morgan fingerprint density at radius 1 is 1.25 bits per heavy atom. The zero-order valence-electron chi connectivity index (χ0n) is 8.49. The van der Waals surface area contributed by atoms with Crippen molar-refractivity contribution in [3.63, 3.8) is 0 Å². The van der Waals surface area contributed by atoms with Gasteiger partial charge in [0.25, 0.3) is 0 Å². The lowest BCUT2D eigenvalue weighted by atomic mass is 9.64. The molecule has 2 rings (SSSR count). The van der Waals surface area contributed by atoms with Crippen molar-refractivity contribution < 1.29 is 13.2 Å². The van der Waals surface area contributed by atoms with E-state index < -0.39 is 22.9 Å². The van der Waals surface area contributed by atoms with Crippen LogP contribution in [0.3, 0.4) is 0 Å². The van der Waals surface area contributed by atoms with Crippen molar-refractivity contribution >= 4 is 15.9 Å². The topological polar surface area (TPSA) is 26.0 Å². The Bertz CT molecular complexity index is 398. The largest absolute Gasteiger partial charge is 0.330 e. The second kappa shape index (κ2) is 4.04. The molecule has 0 aliphatic heterocycles. The van der Waals surface area contributed by atoms with E-state index in [0.29, 0.717) is 12.8 Å². The molecule has 1 aliphatic carbocycles. The molecule has 0 aromatic heterocycles. The Morgan fingerprint density at radius 2 is 1.88 bits per heavy atom. The molecule has 16 heavy (non-hydrogen) atoms. The summed E-state index contributed by atoms with van der Waals surface area (Å²) in [6.45, 7) is 0.136. The highest BCUT2D eigenvalue weighted by atomic mass is 79.9. The lowest BCUT2D eigenvalue weighted by Crippen LogP contribution is -2.43. The Morgan fingerprint density at radius 3 is 2.31 bits per heavy atom. The van der Waals surface area contributed by atoms with Crippen LogP contribution in [0.4, 0.5) is 13.2 Å². The predicted octanol–water partition coefficient (Wildman–Crippen LogP) is 3.25. The van der Waals surface area contributed by atoms with Gasteiger partial charge in [0, 0.05) is 17.5 Å². The van der Waals surface area contributed by atoms with E-state index in [1.54, 1.807) is 0 Å². The SMILES string of the molecule is NCC1(c2c(F)c(F)cc(Br)c2F)CCC1. The van der Waals surface area contributed by atoms with Crippen LogP contribution in [0.2, 0.25) is 0 Å². The van der Waals surface area contributed by atoms with Gasteiger partial charge in [-0.15, -0.1) is 0 Å². The quantitative estimate of drug-likeness (QED) is 0.833. The van der Waals surface area contributed by atoms with Gasteiger partial charge in [-0.2, -0.15) is 0 Å². The van der Waals surface area contributed by atoms with Crippen molar-refractivity contribution in [3.8, 4) is 0 Å². The first-order chi connectivity index (χ1) is 7.52. The summed E-state index contributed by atoms with van der Waals surface area (Å²) in [6, 6.07) is 0.803. The molecule has 0 radical (unpaired) electrons. The molecule has 88 valence electrons. The highest BCUT2D eigenvalue weighted by molar-refractivity contribution is 9.10. The monoisotopic (exact) mass is 293 g/mol. The maximum atomic E-state index is 13.8. The number of rotatable bonds is 2. The van der Waals surface area contributed by atoms with Crippen LogP contribution in [0.25, 0.3) is 0 Å². The first kappa shape index (κ1) is 11.9. The second-order valence-electron chi connectivity index (χ2n) is 4.18. The fourth-order valence-corrected chi connectivity index (χ4v) is 2.60. The number of benzene rings is 1. The van der Waals surface area contributed by atoms with E-state index in [1.165, 1.54) is 0 Å². The minimum atomic E-state index is -1.11. The molecule has 1 aromatic carbocycles. The summed E-state index contributed by atoms with van der Waals surface area (Å²) in [5.41, 5.74) is 4.64. The van der Waals surface area contributed by atoms with Gasteiger partial charge in [-0.3, -0.25) is 0 Å². The Labute approximate surface area is 100.0 Å². The molecule has 1 aliphatic rings. The third-order valence-corrected chi connectivity index (χ3v) is 3.92. The average molecular weight is 294 g/mol. The Balaban J connectivity index is 2.63. The zero-order valence-corrected chi connectivity index (χ0v) is 10.1. The van der Waals surface area contributed by atoms with Crippen molar-refractivity contribution in [2.24, 2.45) is 5.73 Å². The highest BCUT2D eigenvalue weighted by Crippen LogP contribution is 2.46.